The van der Waals surface area contributed by atoms with Gasteiger partial charge in [0.25, 0.3) is 0 Å². The maximum atomic E-state index is 5.78. The summed E-state index contributed by atoms with van der Waals surface area (Å²) in [6, 6.07) is 8.19. The Kier molecular flexibility index (Phi) is 10.1. The van der Waals surface area contributed by atoms with Gasteiger partial charge in [0.05, 0.1) is 6.54 Å². The van der Waals surface area contributed by atoms with E-state index in [1.165, 1.54) is 12.8 Å². The van der Waals surface area contributed by atoms with Crippen LogP contribution in [0.4, 0.5) is 0 Å². The minimum Gasteiger partial charge on any atom is -0.492 e. The second-order valence-corrected chi connectivity index (χ2v) is 6.32. The average molecular weight is 446 g/mol. The minimum absolute atomic E-state index is 0. The number of aliphatic imine (C=N–C) groups is 1. The van der Waals surface area contributed by atoms with E-state index < -0.39 is 0 Å². The van der Waals surface area contributed by atoms with Crippen LogP contribution in [0.1, 0.15) is 25.3 Å². The molecule has 1 saturated carbocycles. The van der Waals surface area contributed by atoms with Gasteiger partial charge < -0.3 is 20.3 Å². The van der Waals surface area contributed by atoms with Crippen molar-refractivity contribution in [1.29, 1.82) is 0 Å². The Morgan fingerprint density at radius 2 is 2.08 bits per heavy atom. The fourth-order valence-corrected chi connectivity index (χ4v) is 2.15. The summed E-state index contributed by atoms with van der Waals surface area (Å²) < 4.78 is 5.78. The van der Waals surface area contributed by atoms with Gasteiger partial charge >= 0.3 is 0 Å². The van der Waals surface area contributed by atoms with Crippen molar-refractivity contribution in [1.82, 2.24) is 15.5 Å². The number of guanidine groups is 1. The number of hydrogen-bond donors (Lipinski definition) is 2. The third-order valence-electron chi connectivity index (χ3n) is 3.72. The van der Waals surface area contributed by atoms with Crippen molar-refractivity contribution in [3.63, 3.8) is 0 Å². The van der Waals surface area contributed by atoms with Crippen molar-refractivity contribution in [2.75, 3.05) is 40.3 Å². The van der Waals surface area contributed by atoms with Crippen molar-refractivity contribution in [3.8, 4) is 5.75 Å². The monoisotopic (exact) mass is 446 g/mol. The Morgan fingerprint density at radius 3 is 2.75 bits per heavy atom. The summed E-state index contributed by atoms with van der Waals surface area (Å²) in [7, 11) is 4.09. The van der Waals surface area contributed by atoms with Crippen LogP contribution in [0.3, 0.4) is 0 Å². The van der Waals surface area contributed by atoms with Crippen LogP contribution in [-0.2, 0) is 6.54 Å². The summed E-state index contributed by atoms with van der Waals surface area (Å²) in [4.78, 5) is 6.78. The summed E-state index contributed by atoms with van der Waals surface area (Å²) in [5, 5.41) is 6.72. The lowest BCUT2D eigenvalue weighted by atomic mass is 10.2. The van der Waals surface area contributed by atoms with E-state index in [0.717, 1.165) is 42.8 Å². The van der Waals surface area contributed by atoms with Crippen LogP contribution in [0.2, 0.25) is 0 Å². The number of ether oxygens (including phenoxy) is 1. The first kappa shape index (κ1) is 21.0. The quantitative estimate of drug-likeness (QED) is 0.348. The standard InChI is InChI=1S/C18H30N4O.HI/c1-4-19-18(20-13-15-8-9-15)21-14-16-6-5-7-17(12-16)23-11-10-22(2)3;/h5-7,12,15H,4,8-11,13-14H2,1-3H3,(H2,19,20,21);1H. The molecule has 0 bridgehead atoms. The smallest absolute Gasteiger partial charge is 0.191 e. The van der Waals surface area contributed by atoms with E-state index in [1.54, 1.807) is 0 Å². The zero-order valence-electron chi connectivity index (χ0n) is 15.0. The Morgan fingerprint density at radius 1 is 1.29 bits per heavy atom. The molecule has 0 aliphatic heterocycles. The Balaban J connectivity index is 0.00000288. The van der Waals surface area contributed by atoms with E-state index in [4.69, 9.17) is 4.74 Å². The third kappa shape index (κ3) is 8.73. The van der Waals surface area contributed by atoms with Gasteiger partial charge in [0.15, 0.2) is 5.96 Å². The molecule has 1 aliphatic rings. The lowest BCUT2D eigenvalue weighted by Gasteiger charge is -2.12. The lowest BCUT2D eigenvalue weighted by molar-refractivity contribution is 0.261. The normalized spacial score (nSPS) is 14.2. The van der Waals surface area contributed by atoms with Gasteiger partial charge in [0, 0.05) is 19.6 Å². The minimum atomic E-state index is 0. The first-order valence-electron chi connectivity index (χ1n) is 8.56. The van der Waals surface area contributed by atoms with E-state index in [1.807, 2.05) is 26.2 Å². The molecule has 1 fully saturated rings. The van der Waals surface area contributed by atoms with Crippen LogP contribution >= 0.6 is 24.0 Å². The summed E-state index contributed by atoms with van der Waals surface area (Å²) in [6.45, 7) is 6.27. The van der Waals surface area contributed by atoms with Crippen molar-refractivity contribution in [2.45, 2.75) is 26.3 Å². The molecular weight excluding hydrogens is 415 g/mol. The van der Waals surface area contributed by atoms with E-state index in [0.29, 0.717) is 13.2 Å². The molecule has 2 N–H and O–H groups in total. The van der Waals surface area contributed by atoms with Gasteiger partial charge in [0.1, 0.15) is 12.4 Å². The molecular formula is C18H31IN4O. The van der Waals surface area contributed by atoms with E-state index in [-0.39, 0.29) is 24.0 Å². The molecule has 1 aromatic rings. The Bertz CT molecular complexity index is 504. The average Bonchev–Trinajstić information content (AvgIpc) is 3.34. The predicted octanol–water partition coefficient (Wildman–Crippen LogP) is 2.71. The maximum Gasteiger partial charge on any atom is 0.191 e. The molecule has 0 saturated heterocycles. The third-order valence-corrected chi connectivity index (χ3v) is 3.72. The Labute approximate surface area is 163 Å². The van der Waals surface area contributed by atoms with Gasteiger partial charge in [0.2, 0.25) is 0 Å². The zero-order chi connectivity index (χ0) is 16.5. The summed E-state index contributed by atoms with van der Waals surface area (Å²) in [6.07, 6.45) is 2.69. The number of nitrogens with one attached hydrogen (secondary N) is 2. The van der Waals surface area contributed by atoms with Crippen molar-refractivity contribution < 1.29 is 4.74 Å². The molecule has 0 atom stereocenters. The highest BCUT2D eigenvalue weighted by atomic mass is 127. The molecule has 1 aromatic carbocycles. The molecule has 0 heterocycles. The van der Waals surface area contributed by atoms with Gasteiger partial charge in [-0.05, 0) is 57.5 Å². The fraction of sp³-hybridized carbons (Fsp3) is 0.611. The molecule has 0 amide bonds. The molecule has 5 nitrogen and oxygen atoms in total. The first-order chi connectivity index (χ1) is 11.2. The lowest BCUT2D eigenvalue weighted by Crippen LogP contribution is -2.38. The first-order valence-corrected chi connectivity index (χ1v) is 8.56. The highest BCUT2D eigenvalue weighted by molar-refractivity contribution is 14.0. The van der Waals surface area contributed by atoms with Crippen LogP contribution in [0.25, 0.3) is 0 Å². The number of rotatable bonds is 9. The molecule has 2 rings (SSSR count). The summed E-state index contributed by atoms with van der Waals surface area (Å²) in [5.41, 5.74) is 1.16. The van der Waals surface area contributed by atoms with E-state index in [9.17, 15) is 0 Å². The maximum absolute atomic E-state index is 5.78. The number of likely N-dealkylation sites (N-methyl/N-ethyl adjacent to an activating group) is 1. The largest absolute Gasteiger partial charge is 0.492 e. The van der Waals surface area contributed by atoms with Crippen LogP contribution in [0.5, 0.6) is 5.75 Å². The van der Waals surface area contributed by atoms with Crippen molar-refractivity contribution in [3.05, 3.63) is 29.8 Å². The van der Waals surface area contributed by atoms with Crippen LogP contribution in [-0.4, -0.2) is 51.2 Å². The zero-order valence-corrected chi connectivity index (χ0v) is 17.4. The SMILES string of the molecule is CCNC(=NCc1cccc(OCCN(C)C)c1)NCC1CC1.I. The number of benzene rings is 1. The number of halogens is 1. The molecule has 6 heteroatoms. The molecule has 24 heavy (non-hydrogen) atoms. The van der Waals surface area contributed by atoms with Crippen LogP contribution in [0, 0.1) is 5.92 Å². The second-order valence-electron chi connectivity index (χ2n) is 6.32. The molecule has 0 radical (unpaired) electrons. The molecule has 0 aromatic heterocycles. The Hall–Kier alpha value is -1.02. The predicted molar refractivity (Wildman–Crippen MR) is 111 cm³/mol. The summed E-state index contributed by atoms with van der Waals surface area (Å²) >= 11 is 0. The van der Waals surface area contributed by atoms with Gasteiger partial charge in [-0.1, -0.05) is 12.1 Å². The highest BCUT2D eigenvalue weighted by Gasteiger charge is 2.20. The van der Waals surface area contributed by atoms with E-state index >= 15 is 0 Å². The molecule has 1 aliphatic carbocycles. The second kappa shape index (κ2) is 11.5. The summed E-state index contributed by atoms with van der Waals surface area (Å²) in [5.74, 6) is 2.65. The fourth-order valence-electron chi connectivity index (χ4n) is 2.15. The van der Waals surface area contributed by atoms with Gasteiger partial charge in [-0.2, -0.15) is 0 Å². The van der Waals surface area contributed by atoms with Gasteiger partial charge in [-0.3, -0.25) is 0 Å². The molecule has 0 spiro atoms. The number of nitrogens with zero attached hydrogens (tertiary/aromatic N) is 2. The van der Waals surface area contributed by atoms with Crippen LogP contribution in [0.15, 0.2) is 29.3 Å². The van der Waals surface area contributed by atoms with Gasteiger partial charge in [-0.15, -0.1) is 24.0 Å². The highest BCUT2D eigenvalue weighted by Crippen LogP contribution is 2.27. The molecule has 0 unspecified atom stereocenters. The van der Waals surface area contributed by atoms with Crippen LogP contribution < -0.4 is 15.4 Å². The number of hydrogen-bond acceptors (Lipinski definition) is 3. The topological polar surface area (TPSA) is 48.9 Å². The van der Waals surface area contributed by atoms with Crippen molar-refractivity contribution in [2.24, 2.45) is 10.9 Å². The molecule has 136 valence electrons. The van der Waals surface area contributed by atoms with Crippen molar-refractivity contribution >= 4 is 29.9 Å². The van der Waals surface area contributed by atoms with E-state index in [2.05, 4.69) is 39.6 Å². The van der Waals surface area contributed by atoms with Gasteiger partial charge in [-0.25, -0.2) is 4.99 Å².